The first-order valence-electron chi connectivity index (χ1n) is 8.52. The fourth-order valence-corrected chi connectivity index (χ4v) is 4.47. The number of thiazole rings is 1. The molecule has 2 aliphatic heterocycles. The van der Waals surface area contributed by atoms with Gasteiger partial charge in [0.15, 0.2) is 5.13 Å². The normalized spacial score (nSPS) is 18.0. The minimum absolute atomic E-state index is 0. The van der Waals surface area contributed by atoms with Crippen molar-refractivity contribution in [2.24, 2.45) is 5.92 Å². The fraction of sp³-hybridized carbons (Fsp3) is 0.444. The van der Waals surface area contributed by atoms with Gasteiger partial charge in [-0.2, -0.15) is 0 Å². The van der Waals surface area contributed by atoms with Crippen molar-refractivity contribution >= 4 is 40.5 Å². The molecular weight excluding hydrogens is 356 g/mol. The maximum Gasteiger partial charge on any atom is 0.230 e. The van der Waals surface area contributed by atoms with Crippen LogP contribution in [-0.4, -0.2) is 35.4 Å². The molecule has 7 heteroatoms. The third kappa shape index (κ3) is 3.81. The van der Waals surface area contributed by atoms with E-state index < -0.39 is 0 Å². The Hall–Kier alpha value is -1.63. The molecule has 1 fully saturated rings. The molecule has 0 saturated carbocycles. The van der Waals surface area contributed by atoms with E-state index in [1.807, 2.05) is 17.2 Å². The summed E-state index contributed by atoms with van der Waals surface area (Å²) in [7, 11) is 0. The van der Waals surface area contributed by atoms with Crippen LogP contribution in [0.25, 0.3) is 0 Å². The van der Waals surface area contributed by atoms with Gasteiger partial charge in [0, 0.05) is 35.8 Å². The number of hydrogen-bond donors (Lipinski definition) is 1. The third-order valence-corrected chi connectivity index (χ3v) is 5.85. The van der Waals surface area contributed by atoms with E-state index in [2.05, 4.69) is 28.1 Å². The predicted molar refractivity (Wildman–Crippen MR) is 104 cm³/mol. The highest BCUT2D eigenvalue weighted by atomic mass is 35.5. The Morgan fingerprint density at radius 3 is 2.72 bits per heavy atom. The van der Waals surface area contributed by atoms with Crippen molar-refractivity contribution in [2.45, 2.75) is 25.8 Å². The summed E-state index contributed by atoms with van der Waals surface area (Å²) >= 11 is 1.55. The van der Waals surface area contributed by atoms with Gasteiger partial charge in [0.1, 0.15) is 0 Å². The Morgan fingerprint density at radius 1 is 1.24 bits per heavy atom. The van der Waals surface area contributed by atoms with E-state index >= 15 is 0 Å². The van der Waals surface area contributed by atoms with E-state index in [4.69, 9.17) is 5.73 Å². The zero-order valence-corrected chi connectivity index (χ0v) is 15.7. The smallest absolute Gasteiger partial charge is 0.230 e. The van der Waals surface area contributed by atoms with E-state index in [1.165, 1.54) is 10.4 Å². The number of nitrogens with two attached hydrogens (primary N) is 1. The van der Waals surface area contributed by atoms with E-state index in [0.717, 1.165) is 51.1 Å². The van der Waals surface area contributed by atoms with Gasteiger partial charge in [0.2, 0.25) is 5.91 Å². The summed E-state index contributed by atoms with van der Waals surface area (Å²) in [5.41, 5.74) is 8.11. The number of likely N-dealkylation sites (tertiary alicyclic amines) is 1. The van der Waals surface area contributed by atoms with Crippen molar-refractivity contribution in [3.63, 3.8) is 0 Å². The number of carbonyl (C=O) groups excluding carboxylic acids is 1. The van der Waals surface area contributed by atoms with Crippen molar-refractivity contribution in [2.75, 3.05) is 30.3 Å². The van der Waals surface area contributed by atoms with Gasteiger partial charge in [0.05, 0.1) is 0 Å². The molecule has 1 aromatic heterocycles. The lowest BCUT2D eigenvalue weighted by Crippen LogP contribution is -2.41. The number of hydrogen-bond acceptors (Lipinski definition) is 5. The minimum atomic E-state index is 0. The Kier molecular flexibility index (Phi) is 5.61. The van der Waals surface area contributed by atoms with Gasteiger partial charge >= 0.3 is 0 Å². The number of benzene rings is 1. The molecule has 1 aromatic carbocycles. The van der Waals surface area contributed by atoms with Crippen LogP contribution in [0.4, 0.5) is 10.8 Å². The zero-order valence-electron chi connectivity index (χ0n) is 14.1. The molecule has 2 aliphatic rings. The first-order valence-corrected chi connectivity index (χ1v) is 9.34. The highest BCUT2D eigenvalue weighted by Gasteiger charge is 2.32. The molecule has 3 heterocycles. The van der Waals surface area contributed by atoms with Crippen LogP contribution in [-0.2, 0) is 17.8 Å². The summed E-state index contributed by atoms with van der Waals surface area (Å²) in [5.74, 6) is 0.459. The van der Waals surface area contributed by atoms with Crippen molar-refractivity contribution in [1.29, 1.82) is 0 Å². The second kappa shape index (κ2) is 7.72. The molecule has 0 radical (unpaired) electrons. The second-order valence-corrected chi connectivity index (χ2v) is 7.73. The number of nitrogens with zero attached hydrogens (tertiary/aromatic N) is 3. The molecule has 0 spiro atoms. The summed E-state index contributed by atoms with van der Waals surface area (Å²) in [6, 6.07) is 8.28. The standard InChI is InChI=1S/C18H22N4OS.ClH/c19-18-20-11-15(24-18)12-21-8-5-14(6-9-21)17(23)22-10-7-13-3-1-2-4-16(13)22;/h1-4,11,14H,5-10,12H2,(H2,19,20);1H. The van der Waals surface area contributed by atoms with E-state index in [1.54, 1.807) is 11.3 Å². The number of rotatable bonds is 3. The first kappa shape index (κ1) is 18.2. The van der Waals surface area contributed by atoms with Crippen LogP contribution < -0.4 is 10.6 Å². The Labute approximate surface area is 158 Å². The maximum absolute atomic E-state index is 12.9. The van der Waals surface area contributed by atoms with Crippen LogP contribution >= 0.6 is 23.7 Å². The molecule has 0 unspecified atom stereocenters. The summed E-state index contributed by atoms with van der Waals surface area (Å²) in [5, 5.41) is 0.628. The average molecular weight is 379 g/mol. The highest BCUT2D eigenvalue weighted by molar-refractivity contribution is 7.15. The molecule has 2 N–H and O–H groups in total. The number of fused-ring (bicyclic) bond motifs is 1. The number of amides is 1. The lowest BCUT2D eigenvalue weighted by atomic mass is 9.95. The second-order valence-electron chi connectivity index (χ2n) is 6.58. The molecule has 5 nitrogen and oxygen atoms in total. The fourth-order valence-electron chi connectivity index (χ4n) is 3.74. The molecule has 1 amide bonds. The minimum Gasteiger partial charge on any atom is -0.375 e. The first-order chi connectivity index (χ1) is 11.7. The maximum atomic E-state index is 12.9. The molecular formula is C18H23ClN4OS. The Bertz CT molecular complexity index is 742. The zero-order chi connectivity index (χ0) is 16.5. The SMILES string of the molecule is Cl.Nc1ncc(CN2CCC(C(=O)N3CCc4ccccc43)CC2)s1. The van der Waals surface area contributed by atoms with Crippen LogP contribution in [0.3, 0.4) is 0 Å². The van der Waals surface area contributed by atoms with Gasteiger partial charge in [-0.1, -0.05) is 18.2 Å². The lowest BCUT2D eigenvalue weighted by molar-refractivity contribution is -0.123. The molecule has 1 saturated heterocycles. The molecule has 4 rings (SSSR count). The molecule has 0 aliphatic carbocycles. The number of halogens is 1. The van der Waals surface area contributed by atoms with Gasteiger partial charge in [-0.3, -0.25) is 9.69 Å². The molecule has 0 bridgehead atoms. The van der Waals surface area contributed by atoms with Crippen LogP contribution in [0.15, 0.2) is 30.5 Å². The monoisotopic (exact) mass is 378 g/mol. The van der Waals surface area contributed by atoms with E-state index in [-0.39, 0.29) is 18.3 Å². The van der Waals surface area contributed by atoms with Crippen LogP contribution in [0.1, 0.15) is 23.3 Å². The quantitative estimate of drug-likeness (QED) is 0.891. The van der Waals surface area contributed by atoms with Crippen molar-refractivity contribution < 1.29 is 4.79 Å². The van der Waals surface area contributed by atoms with Gasteiger partial charge in [-0.05, 0) is 44.0 Å². The van der Waals surface area contributed by atoms with Crippen LogP contribution in [0, 0.1) is 5.92 Å². The number of piperidine rings is 1. The Morgan fingerprint density at radius 2 is 2.00 bits per heavy atom. The number of anilines is 2. The predicted octanol–water partition coefficient (Wildman–Crippen LogP) is 2.95. The van der Waals surface area contributed by atoms with Crippen molar-refractivity contribution in [3.05, 3.63) is 40.9 Å². The average Bonchev–Trinajstić information content (AvgIpc) is 3.21. The number of nitrogen functional groups attached to an aromatic ring is 1. The topological polar surface area (TPSA) is 62.5 Å². The number of aromatic nitrogens is 1. The largest absolute Gasteiger partial charge is 0.375 e. The molecule has 134 valence electrons. The summed E-state index contributed by atoms with van der Waals surface area (Å²) < 4.78 is 0. The van der Waals surface area contributed by atoms with E-state index in [9.17, 15) is 4.79 Å². The highest BCUT2D eigenvalue weighted by Crippen LogP contribution is 2.31. The number of para-hydroxylation sites is 1. The Balaban J connectivity index is 0.00000182. The molecule has 25 heavy (non-hydrogen) atoms. The number of carbonyl (C=O) groups is 1. The summed E-state index contributed by atoms with van der Waals surface area (Å²) in [4.78, 5) is 22.6. The lowest BCUT2D eigenvalue weighted by Gasteiger charge is -2.33. The van der Waals surface area contributed by atoms with Gasteiger partial charge < -0.3 is 10.6 Å². The van der Waals surface area contributed by atoms with Crippen LogP contribution in [0.2, 0.25) is 0 Å². The van der Waals surface area contributed by atoms with Crippen molar-refractivity contribution in [3.8, 4) is 0 Å². The van der Waals surface area contributed by atoms with Gasteiger partial charge in [-0.15, -0.1) is 23.7 Å². The summed E-state index contributed by atoms with van der Waals surface area (Å²) in [6.45, 7) is 3.65. The third-order valence-electron chi connectivity index (χ3n) is 5.04. The molecule has 2 aromatic rings. The summed E-state index contributed by atoms with van der Waals surface area (Å²) in [6.07, 6.45) is 4.71. The van der Waals surface area contributed by atoms with Gasteiger partial charge in [0.25, 0.3) is 0 Å². The van der Waals surface area contributed by atoms with Gasteiger partial charge in [-0.25, -0.2) is 4.98 Å². The molecule has 0 atom stereocenters. The van der Waals surface area contributed by atoms with Crippen LogP contribution in [0.5, 0.6) is 0 Å². The van der Waals surface area contributed by atoms with E-state index in [0.29, 0.717) is 11.0 Å². The van der Waals surface area contributed by atoms with Crippen molar-refractivity contribution in [1.82, 2.24) is 9.88 Å².